The zero-order valence-electron chi connectivity index (χ0n) is 13.2. The van der Waals surface area contributed by atoms with E-state index in [1.165, 1.54) is 11.3 Å². The molecule has 112 valence electrons. The van der Waals surface area contributed by atoms with Crippen LogP contribution in [0.4, 0.5) is 11.5 Å². The number of nitrogen functional groups attached to an aromatic ring is 1. The van der Waals surface area contributed by atoms with Gasteiger partial charge in [0.2, 0.25) is 0 Å². The maximum atomic E-state index is 6.36. The predicted octanol–water partition coefficient (Wildman–Crippen LogP) is 3.10. The van der Waals surface area contributed by atoms with Gasteiger partial charge in [-0.1, -0.05) is 19.9 Å². The van der Waals surface area contributed by atoms with Gasteiger partial charge in [0.05, 0.1) is 0 Å². The molecule has 0 saturated heterocycles. The molecular weight excluding hydrogens is 260 g/mol. The molecule has 0 spiro atoms. The number of likely N-dealkylation sites (N-methyl/N-ethyl adjacent to an activating group) is 1. The van der Waals surface area contributed by atoms with E-state index in [-0.39, 0.29) is 0 Å². The fourth-order valence-electron chi connectivity index (χ4n) is 3.18. The normalized spacial score (nSPS) is 13.8. The minimum absolute atomic E-state index is 0.806. The summed E-state index contributed by atoms with van der Waals surface area (Å²) >= 11 is 0. The second kappa shape index (κ2) is 5.43. The number of hydrogen-bond acceptors (Lipinski definition) is 3. The number of aromatic nitrogens is 2. The molecule has 21 heavy (non-hydrogen) atoms. The van der Waals surface area contributed by atoms with Gasteiger partial charge in [0.15, 0.2) is 0 Å². The lowest BCUT2D eigenvalue weighted by atomic mass is 10.1. The van der Waals surface area contributed by atoms with Crippen molar-refractivity contribution in [3.63, 3.8) is 0 Å². The van der Waals surface area contributed by atoms with Crippen molar-refractivity contribution < 1.29 is 0 Å². The predicted molar refractivity (Wildman–Crippen MR) is 88.7 cm³/mol. The van der Waals surface area contributed by atoms with Gasteiger partial charge < -0.3 is 15.2 Å². The van der Waals surface area contributed by atoms with Gasteiger partial charge in [-0.15, -0.1) is 0 Å². The van der Waals surface area contributed by atoms with Gasteiger partial charge in [-0.05, 0) is 30.5 Å². The molecule has 1 aliphatic heterocycles. The highest BCUT2D eigenvalue weighted by Crippen LogP contribution is 2.33. The first-order chi connectivity index (χ1) is 10.2. The number of nitrogens with zero attached hydrogens (tertiary/aromatic N) is 3. The Morgan fingerprint density at radius 1 is 1.29 bits per heavy atom. The molecule has 0 bridgehead atoms. The number of anilines is 2. The van der Waals surface area contributed by atoms with Crippen LogP contribution in [0.15, 0.2) is 18.2 Å². The van der Waals surface area contributed by atoms with Crippen molar-refractivity contribution in [2.45, 2.75) is 39.7 Å². The van der Waals surface area contributed by atoms with Crippen molar-refractivity contribution in [3.8, 4) is 11.3 Å². The van der Waals surface area contributed by atoms with Gasteiger partial charge in [-0.25, -0.2) is 4.98 Å². The smallest absolute Gasteiger partial charge is 0.131 e. The largest absolute Gasteiger partial charge is 0.383 e. The van der Waals surface area contributed by atoms with E-state index in [4.69, 9.17) is 10.7 Å². The number of imidazole rings is 1. The number of rotatable bonds is 4. The van der Waals surface area contributed by atoms with Crippen LogP contribution in [0.1, 0.15) is 31.7 Å². The highest BCUT2D eigenvalue weighted by atomic mass is 15.1. The van der Waals surface area contributed by atoms with Crippen LogP contribution in [0.3, 0.4) is 0 Å². The molecule has 4 nitrogen and oxygen atoms in total. The van der Waals surface area contributed by atoms with E-state index in [2.05, 4.69) is 48.6 Å². The molecular formula is C17H24N4. The first-order valence-electron chi connectivity index (χ1n) is 7.85. The Hall–Kier alpha value is -1.97. The molecule has 3 rings (SSSR count). The molecule has 1 aromatic carbocycles. The Morgan fingerprint density at radius 2 is 2.10 bits per heavy atom. The van der Waals surface area contributed by atoms with Crippen LogP contribution < -0.4 is 10.6 Å². The number of nitrogens with two attached hydrogens (primary N) is 1. The summed E-state index contributed by atoms with van der Waals surface area (Å²) in [6.07, 6.45) is 3.09. The zero-order valence-corrected chi connectivity index (χ0v) is 13.2. The second-order valence-electron chi connectivity index (χ2n) is 5.78. The maximum absolute atomic E-state index is 6.36. The van der Waals surface area contributed by atoms with Crippen LogP contribution in [0.25, 0.3) is 11.3 Å². The number of benzene rings is 1. The summed E-state index contributed by atoms with van der Waals surface area (Å²) in [4.78, 5) is 7.09. The third kappa shape index (κ3) is 2.28. The molecule has 2 aromatic rings. The van der Waals surface area contributed by atoms with E-state index in [0.717, 1.165) is 55.3 Å². The molecule has 2 heterocycles. The summed E-state index contributed by atoms with van der Waals surface area (Å²) in [7, 11) is 2.14. The van der Waals surface area contributed by atoms with Crippen LogP contribution in [-0.4, -0.2) is 23.1 Å². The molecule has 0 radical (unpaired) electrons. The molecule has 1 aromatic heterocycles. The van der Waals surface area contributed by atoms with Gasteiger partial charge in [-0.3, -0.25) is 0 Å². The molecule has 4 heteroatoms. The van der Waals surface area contributed by atoms with E-state index in [9.17, 15) is 0 Å². The van der Waals surface area contributed by atoms with E-state index >= 15 is 0 Å². The molecule has 0 amide bonds. The van der Waals surface area contributed by atoms with Crippen molar-refractivity contribution >= 4 is 11.5 Å². The lowest BCUT2D eigenvalue weighted by Crippen LogP contribution is -2.12. The van der Waals surface area contributed by atoms with E-state index < -0.39 is 0 Å². The molecule has 0 unspecified atom stereocenters. The fraction of sp³-hybridized carbons (Fsp3) is 0.471. The van der Waals surface area contributed by atoms with Gasteiger partial charge in [0.25, 0.3) is 0 Å². The highest BCUT2D eigenvalue weighted by molar-refractivity contribution is 5.75. The maximum Gasteiger partial charge on any atom is 0.131 e. The summed E-state index contributed by atoms with van der Waals surface area (Å²) in [6.45, 7) is 6.34. The molecule has 0 saturated carbocycles. The average molecular weight is 284 g/mol. The van der Waals surface area contributed by atoms with E-state index in [0.29, 0.717) is 0 Å². The average Bonchev–Trinajstić information content (AvgIpc) is 3.01. The van der Waals surface area contributed by atoms with Crippen LogP contribution in [-0.2, 0) is 19.4 Å². The molecule has 0 fully saturated rings. The monoisotopic (exact) mass is 284 g/mol. The van der Waals surface area contributed by atoms with Crippen molar-refractivity contribution in [2.24, 2.45) is 0 Å². The van der Waals surface area contributed by atoms with E-state index in [1.807, 2.05) is 0 Å². The topological polar surface area (TPSA) is 47.1 Å². The summed E-state index contributed by atoms with van der Waals surface area (Å²) in [5, 5.41) is 0. The quantitative estimate of drug-likeness (QED) is 0.938. The van der Waals surface area contributed by atoms with Crippen molar-refractivity contribution in [1.82, 2.24) is 9.55 Å². The van der Waals surface area contributed by atoms with Crippen molar-refractivity contribution in [1.29, 1.82) is 0 Å². The van der Waals surface area contributed by atoms with Crippen LogP contribution >= 0.6 is 0 Å². The van der Waals surface area contributed by atoms with Crippen molar-refractivity contribution in [3.05, 3.63) is 29.6 Å². The van der Waals surface area contributed by atoms with Crippen LogP contribution in [0.2, 0.25) is 0 Å². The van der Waals surface area contributed by atoms with Gasteiger partial charge in [-0.2, -0.15) is 0 Å². The molecule has 0 atom stereocenters. The number of fused-ring (bicyclic) bond motifs is 1. The second-order valence-corrected chi connectivity index (χ2v) is 5.78. The Balaban J connectivity index is 2.05. The molecule has 2 N–H and O–H groups in total. The summed E-state index contributed by atoms with van der Waals surface area (Å²) < 4.78 is 2.16. The number of aryl methyl sites for hydroxylation is 1. The summed E-state index contributed by atoms with van der Waals surface area (Å²) in [6, 6.07) is 6.60. The minimum atomic E-state index is 0.806. The van der Waals surface area contributed by atoms with Gasteiger partial charge in [0.1, 0.15) is 17.3 Å². The Labute approximate surface area is 126 Å². The third-order valence-corrected chi connectivity index (χ3v) is 4.33. The Bertz CT molecular complexity index is 657. The van der Waals surface area contributed by atoms with E-state index in [1.54, 1.807) is 0 Å². The summed E-state index contributed by atoms with van der Waals surface area (Å²) in [5.74, 6) is 1.89. The molecule has 0 aliphatic carbocycles. The van der Waals surface area contributed by atoms with Crippen LogP contribution in [0, 0.1) is 0 Å². The first kappa shape index (κ1) is 14.0. The minimum Gasteiger partial charge on any atom is -0.383 e. The Morgan fingerprint density at radius 3 is 2.81 bits per heavy atom. The summed E-state index contributed by atoms with van der Waals surface area (Å²) in [5.41, 5.74) is 11.2. The molecule has 1 aliphatic rings. The number of hydrogen-bond donors (Lipinski definition) is 1. The lowest BCUT2D eigenvalue weighted by molar-refractivity contribution is 0.650. The lowest BCUT2D eigenvalue weighted by Gasteiger charge is -2.12. The Kier molecular flexibility index (Phi) is 3.62. The highest BCUT2D eigenvalue weighted by Gasteiger charge is 2.19. The third-order valence-electron chi connectivity index (χ3n) is 4.33. The van der Waals surface area contributed by atoms with Gasteiger partial charge >= 0.3 is 0 Å². The van der Waals surface area contributed by atoms with Gasteiger partial charge in [0, 0.05) is 37.8 Å². The van der Waals surface area contributed by atoms with Crippen molar-refractivity contribution in [2.75, 3.05) is 24.2 Å². The van der Waals surface area contributed by atoms with Crippen LogP contribution in [0.5, 0.6) is 0 Å². The SMILES string of the molecule is CCCn1c(CC)nc(-c2ccc3c(c2)CCN3C)c1N. The fourth-order valence-corrected chi connectivity index (χ4v) is 3.18. The zero-order chi connectivity index (χ0) is 15.0. The standard InChI is InChI=1S/C17H24N4/c1-4-9-21-15(5-2)19-16(17(21)18)13-6-7-14-12(11-13)8-10-20(14)3/h6-7,11H,4-5,8-10,18H2,1-3H3. The first-order valence-corrected chi connectivity index (χ1v) is 7.85.